The average molecular weight is 231 g/mol. The van der Waals surface area contributed by atoms with Gasteiger partial charge >= 0.3 is 0 Å². The summed E-state index contributed by atoms with van der Waals surface area (Å²) in [6.45, 7) is 2.69. The van der Waals surface area contributed by atoms with Gasteiger partial charge in [0.1, 0.15) is 0 Å². The number of aliphatic hydroxyl groups excluding tert-OH is 1. The van der Waals surface area contributed by atoms with E-state index in [1.165, 1.54) is 0 Å². The zero-order chi connectivity index (χ0) is 12.6. The van der Waals surface area contributed by atoms with Crippen molar-refractivity contribution < 1.29 is 9.90 Å². The molecule has 0 aromatic carbocycles. The van der Waals surface area contributed by atoms with Crippen molar-refractivity contribution >= 4 is 5.91 Å². The van der Waals surface area contributed by atoms with Crippen LogP contribution in [-0.2, 0) is 4.79 Å². The van der Waals surface area contributed by atoms with Crippen molar-refractivity contribution in [3.8, 4) is 0 Å². The minimum Gasteiger partial charge on any atom is -0.396 e. The minimum absolute atomic E-state index is 0.0172. The number of carbonyl (C=O) groups is 1. The van der Waals surface area contributed by atoms with Crippen molar-refractivity contribution in [1.29, 1.82) is 0 Å². The average Bonchev–Trinajstić information content (AvgIpc) is 2.24. The molecule has 0 spiro atoms. The van der Waals surface area contributed by atoms with Crippen LogP contribution in [0.3, 0.4) is 0 Å². The van der Waals surface area contributed by atoms with Crippen LogP contribution in [0.25, 0.3) is 0 Å². The van der Waals surface area contributed by atoms with Crippen LogP contribution in [0.4, 0.5) is 0 Å². The molecule has 0 heterocycles. The van der Waals surface area contributed by atoms with Gasteiger partial charge in [0.25, 0.3) is 0 Å². The number of rotatable bonds is 8. The van der Waals surface area contributed by atoms with E-state index in [1.54, 1.807) is 19.0 Å². The Bertz CT molecular complexity index is 198. The molecule has 0 aliphatic heterocycles. The maximum atomic E-state index is 11.5. The lowest BCUT2D eigenvalue weighted by Gasteiger charge is -2.23. The second kappa shape index (κ2) is 8.50. The van der Waals surface area contributed by atoms with Crippen molar-refractivity contribution in [1.82, 2.24) is 10.2 Å². The molecular formula is C11H25N3O2. The SMILES string of the molecule is CC(CCCO)NC(CN)CC(=O)N(C)C. The third-order valence-electron chi connectivity index (χ3n) is 2.52. The van der Waals surface area contributed by atoms with Crippen molar-refractivity contribution in [2.24, 2.45) is 5.73 Å². The molecule has 0 saturated heterocycles. The van der Waals surface area contributed by atoms with E-state index in [0.29, 0.717) is 13.0 Å². The van der Waals surface area contributed by atoms with E-state index in [0.717, 1.165) is 12.8 Å². The largest absolute Gasteiger partial charge is 0.396 e. The van der Waals surface area contributed by atoms with Gasteiger partial charge in [0, 0.05) is 45.8 Å². The second-order valence-corrected chi connectivity index (χ2v) is 4.36. The van der Waals surface area contributed by atoms with Gasteiger partial charge in [0.15, 0.2) is 0 Å². The molecule has 5 nitrogen and oxygen atoms in total. The molecule has 4 N–H and O–H groups in total. The number of hydrogen-bond acceptors (Lipinski definition) is 4. The monoisotopic (exact) mass is 231 g/mol. The van der Waals surface area contributed by atoms with Gasteiger partial charge in [-0.3, -0.25) is 4.79 Å². The van der Waals surface area contributed by atoms with Gasteiger partial charge in [-0.25, -0.2) is 0 Å². The van der Waals surface area contributed by atoms with Crippen molar-refractivity contribution in [2.45, 2.75) is 38.3 Å². The lowest BCUT2D eigenvalue weighted by Crippen LogP contribution is -2.44. The zero-order valence-corrected chi connectivity index (χ0v) is 10.6. The number of amides is 1. The third-order valence-corrected chi connectivity index (χ3v) is 2.52. The van der Waals surface area contributed by atoms with E-state index < -0.39 is 0 Å². The van der Waals surface area contributed by atoms with Crippen molar-refractivity contribution in [3.05, 3.63) is 0 Å². The molecule has 1 amide bonds. The summed E-state index contributed by atoms with van der Waals surface area (Å²) in [5.74, 6) is 0.0808. The first-order valence-corrected chi connectivity index (χ1v) is 5.78. The highest BCUT2D eigenvalue weighted by molar-refractivity contribution is 5.76. The van der Waals surface area contributed by atoms with E-state index in [1.807, 2.05) is 6.92 Å². The molecule has 0 bridgehead atoms. The first-order chi connectivity index (χ1) is 7.51. The Morgan fingerprint density at radius 2 is 2.12 bits per heavy atom. The summed E-state index contributed by atoms with van der Waals surface area (Å²) in [6, 6.07) is 0.291. The number of carbonyl (C=O) groups excluding carboxylic acids is 1. The summed E-state index contributed by atoms with van der Waals surface area (Å²) in [4.78, 5) is 13.1. The number of nitrogens with two attached hydrogens (primary N) is 1. The van der Waals surface area contributed by atoms with E-state index >= 15 is 0 Å². The third kappa shape index (κ3) is 6.76. The van der Waals surface area contributed by atoms with Gasteiger partial charge < -0.3 is 21.1 Å². The lowest BCUT2D eigenvalue weighted by molar-refractivity contribution is -0.129. The van der Waals surface area contributed by atoms with Gasteiger partial charge in [-0.05, 0) is 19.8 Å². The summed E-state index contributed by atoms with van der Waals surface area (Å²) >= 11 is 0. The molecule has 96 valence electrons. The van der Waals surface area contributed by atoms with Gasteiger partial charge in [0.2, 0.25) is 5.91 Å². The van der Waals surface area contributed by atoms with E-state index in [-0.39, 0.29) is 24.6 Å². The van der Waals surface area contributed by atoms with E-state index in [4.69, 9.17) is 10.8 Å². The highest BCUT2D eigenvalue weighted by Crippen LogP contribution is 2.00. The molecule has 0 aliphatic carbocycles. The fourth-order valence-electron chi connectivity index (χ4n) is 1.49. The quantitative estimate of drug-likeness (QED) is 0.528. The fourth-order valence-corrected chi connectivity index (χ4v) is 1.49. The zero-order valence-electron chi connectivity index (χ0n) is 10.6. The van der Waals surface area contributed by atoms with Gasteiger partial charge in [-0.1, -0.05) is 0 Å². The molecule has 0 aromatic heterocycles. The standard InChI is InChI=1S/C11H25N3O2/c1-9(5-4-6-15)13-10(8-12)7-11(16)14(2)3/h9-10,13,15H,4-8,12H2,1-3H3. The van der Waals surface area contributed by atoms with Crippen LogP contribution in [0.15, 0.2) is 0 Å². The maximum Gasteiger partial charge on any atom is 0.223 e. The van der Waals surface area contributed by atoms with E-state index in [9.17, 15) is 4.79 Å². The predicted molar refractivity (Wildman–Crippen MR) is 65.1 cm³/mol. The van der Waals surface area contributed by atoms with Crippen LogP contribution in [0.1, 0.15) is 26.2 Å². The van der Waals surface area contributed by atoms with Crippen LogP contribution >= 0.6 is 0 Å². The Balaban J connectivity index is 3.94. The Labute approximate surface area is 98.0 Å². The normalized spacial score (nSPS) is 14.6. The molecule has 0 aliphatic rings. The molecule has 2 unspecified atom stereocenters. The molecule has 0 radical (unpaired) electrons. The highest BCUT2D eigenvalue weighted by atomic mass is 16.2. The maximum absolute atomic E-state index is 11.5. The Morgan fingerprint density at radius 1 is 1.50 bits per heavy atom. The second-order valence-electron chi connectivity index (χ2n) is 4.36. The molecule has 0 rings (SSSR count). The topological polar surface area (TPSA) is 78.6 Å². The van der Waals surface area contributed by atoms with Crippen LogP contribution in [0, 0.1) is 0 Å². The fraction of sp³-hybridized carbons (Fsp3) is 0.909. The predicted octanol–water partition coefficient (Wildman–Crippen LogP) is -0.457. The highest BCUT2D eigenvalue weighted by Gasteiger charge is 2.15. The van der Waals surface area contributed by atoms with Crippen LogP contribution in [0.5, 0.6) is 0 Å². The number of nitrogens with zero attached hydrogens (tertiary/aromatic N) is 1. The van der Waals surface area contributed by atoms with Crippen LogP contribution in [-0.4, -0.2) is 55.2 Å². The summed E-state index contributed by atoms with van der Waals surface area (Å²) in [6.07, 6.45) is 2.09. The van der Waals surface area contributed by atoms with Crippen molar-refractivity contribution in [3.63, 3.8) is 0 Å². The lowest BCUT2D eigenvalue weighted by atomic mass is 10.1. The van der Waals surface area contributed by atoms with E-state index in [2.05, 4.69) is 5.32 Å². The summed E-state index contributed by atoms with van der Waals surface area (Å²) < 4.78 is 0. The molecule has 16 heavy (non-hydrogen) atoms. The van der Waals surface area contributed by atoms with Crippen LogP contribution < -0.4 is 11.1 Å². The van der Waals surface area contributed by atoms with Crippen molar-refractivity contribution in [2.75, 3.05) is 27.2 Å². The van der Waals surface area contributed by atoms with Gasteiger partial charge in [-0.15, -0.1) is 0 Å². The molecular weight excluding hydrogens is 206 g/mol. The smallest absolute Gasteiger partial charge is 0.223 e. The first-order valence-electron chi connectivity index (χ1n) is 5.78. The van der Waals surface area contributed by atoms with Gasteiger partial charge in [-0.2, -0.15) is 0 Å². The first kappa shape index (κ1) is 15.3. The van der Waals surface area contributed by atoms with Gasteiger partial charge in [0.05, 0.1) is 0 Å². The molecule has 2 atom stereocenters. The Kier molecular flexibility index (Phi) is 8.15. The number of hydrogen-bond donors (Lipinski definition) is 3. The minimum atomic E-state index is 0.0172. The molecule has 0 fully saturated rings. The summed E-state index contributed by atoms with van der Waals surface area (Å²) in [5, 5.41) is 12.0. The molecule has 0 saturated carbocycles. The summed E-state index contributed by atoms with van der Waals surface area (Å²) in [7, 11) is 3.48. The van der Waals surface area contributed by atoms with Crippen LogP contribution in [0.2, 0.25) is 0 Å². The number of nitrogens with one attached hydrogen (secondary N) is 1. The Hall–Kier alpha value is -0.650. The molecule has 0 aromatic rings. The summed E-state index contributed by atoms with van der Waals surface area (Å²) in [5.41, 5.74) is 5.62. The molecule has 5 heteroatoms. The number of aliphatic hydroxyl groups is 1. The Morgan fingerprint density at radius 3 is 2.56 bits per heavy atom.